The van der Waals surface area contributed by atoms with E-state index in [9.17, 15) is 5.11 Å². The van der Waals surface area contributed by atoms with Crippen molar-refractivity contribution in [3.05, 3.63) is 16.3 Å². The molecule has 2 rings (SSSR count). The molecule has 1 heterocycles. The largest absolute Gasteiger partial charge is 0.398 e. The molecule has 4 heteroatoms. The average Bonchev–Trinajstić information content (AvgIpc) is 2.64. The van der Waals surface area contributed by atoms with E-state index in [1.165, 1.54) is 6.42 Å². The Bertz CT molecular complexity index is 366. The van der Waals surface area contributed by atoms with Crippen LogP contribution in [0.1, 0.15) is 37.5 Å². The summed E-state index contributed by atoms with van der Waals surface area (Å²) in [5, 5.41) is 15.8. The first-order valence-corrected chi connectivity index (χ1v) is 7.22. The highest BCUT2D eigenvalue weighted by Crippen LogP contribution is 2.31. The van der Waals surface area contributed by atoms with E-state index in [1.807, 2.05) is 11.4 Å². The van der Waals surface area contributed by atoms with Crippen LogP contribution in [0.5, 0.6) is 0 Å². The number of nitrogen functional groups attached to an aromatic ring is 1. The first-order chi connectivity index (χ1) is 8.09. The third-order valence-corrected chi connectivity index (χ3v) is 4.52. The topological polar surface area (TPSA) is 58.3 Å². The summed E-state index contributed by atoms with van der Waals surface area (Å²) < 4.78 is 0. The van der Waals surface area contributed by atoms with E-state index < -0.39 is 5.60 Å². The van der Waals surface area contributed by atoms with Gasteiger partial charge >= 0.3 is 0 Å². The van der Waals surface area contributed by atoms with Gasteiger partial charge in [-0.05, 0) is 30.2 Å². The lowest BCUT2D eigenvalue weighted by Crippen LogP contribution is -2.43. The van der Waals surface area contributed by atoms with Crippen molar-refractivity contribution >= 4 is 17.0 Å². The highest BCUT2D eigenvalue weighted by Gasteiger charge is 2.31. The van der Waals surface area contributed by atoms with Crippen molar-refractivity contribution in [2.24, 2.45) is 5.92 Å². The second-order valence-corrected chi connectivity index (χ2v) is 6.33. The predicted molar refractivity (Wildman–Crippen MR) is 73.0 cm³/mol. The lowest BCUT2D eigenvalue weighted by atomic mass is 9.79. The Hall–Kier alpha value is -0.580. The fourth-order valence-corrected chi connectivity index (χ4v) is 3.46. The van der Waals surface area contributed by atoms with Crippen molar-refractivity contribution < 1.29 is 5.11 Å². The standard InChI is InChI=1S/C13H22N2OS/c1-10-3-2-5-13(16,7-10)9-15-8-12-11(14)4-6-17-12/h4,6,10,15-16H,2-3,5,7-9,14H2,1H3. The molecule has 0 spiro atoms. The minimum Gasteiger partial charge on any atom is -0.398 e. The van der Waals surface area contributed by atoms with Gasteiger partial charge in [0.2, 0.25) is 0 Å². The van der Waals surface area contributed by atoms with Crippen molar-refractivity contribution in [3.8, 4) is 0 Å². The zero-order valence-corrected chi connectivity index (χ0v) is 11.2. The molecule has 2 unspecified atom stereocenters. The number of anilines is 1. The molecule has 1 aromatic heterocycles. The molecule has 1 fully saturated rings. The SMILES string of the molecule is CC1CCCC(O)(CNCc2sccc2N)C1. The maximum absolute atomic E-state index is 10.4. The molecule has 4 N–H and O–H groups in total. The number of thiophene rings is 1. The normalized spacial score (nSPS) is 29.4. The summed E-state index contributed by atoms with van der Waals surface area (Å²) in [5.41, 5.74) is 6.17. The highest BCUT2D eigenvalue weighted by molar-refractivity contribution is 7.10. The van der Waals surface area contributed by atoms with Crippen LogP contribution in [0.4, 0.5) is 5.69 Å². The van der Waals surface area contributed by atoms with Gasteiger partial charge in [-0.25, -0.2) is 0 Å². The number of nitrogens with one attached hydrogen (secondary N) is 1. The van der Waals surface area contributed by atoms with Crippen LogP contribution in [0.15, 0.2) is 11.4 Å². The van der Waals surface area contributed by atoms with Crippen LogP contribution in [0.2, 0.25) is 0 Å². The highest BCUT2D eigenvalue weighted by atomic mass is 32.1. The van der Waals surface area contributed by atoms with E-state index in [0.29, 0.717) is 12.5 Å². The molecule has 0 radical (unpaired) electrons. The van der Waals surface area contributed by atoms with Gasteiger partial charge in [0.15, 0.2) is 0 Å². The molecular weight excluding hydrogens is 232 g/mol. The summed E-state index contributed by atoms with van der Waals surface area (Å²) in [6.07, 6.45) is 4.23. The number of hydrogen-bond acceptors (Lipinski definition) is 4. The molecule has 0 amide bonds. The Labute approximate surface area is 107 Å². The Morgan fingerprint density at radius 3 is 3.12 bits per heavy atom. The van der Waals surface area contributed by atoms with E-state index in [-0.39, 0.29) is 0 Å². The van der Waals surface area contributed by atoms with Crippen molar-refractivity contribution in [3.63, 3.8) is 0 Å². The van der Waals surface area contributed by atoms with E-state index in [4.69, 9.17) is 5.73 Å². The van der Waals surface area contributed by atoms with Gasteiger partial charge in [0.1, 0.15) is 0 Å². The third kappa shape index (κ3) is 3.44. The van der Waals surface area contributed by atoms with Crippen molar-refractivity contribution in [1.82, 2.24) is 5.32 Å². The van der Waals surface area contributed by atoms with Gasteiger partial charge in [-0.1, -0.05) is 19.8 Å². The van der Waals surface area contributed by atoms with Crippen LogP contribution in [0.25, 0.3) is 0 Å². The molecule has 3 nitrogen and oxygen atoms in total. The molecule has 0 bridgehead atoms. The van der Waals surface area contributed by atoms with Crippen LogP contribution >= 0.6 is 11.3 Å². The van der Waals surface area contributed by atoms with Crippen molar-refractivity contribution in [1.29, 1.82) is 0 Å². The fraction of sp³-hybridized carbons (Fsp3) is 0.692. The number of nitrogens with two attached hydrogens (primary N) is 1. The number of aliphatic hydroxyl groups is 1. The van der Waals surface area contributed by atoms with Crippen molar-refractivity contribution in [2.75, 3.05) is 12.3 Å². The average molecular weight is 254 g/mol. The van der Waals surface area contributed by atoms with Crippen LogP contribution < -0.4 is 11.1 Å². The molecule has 17 heavy (non-hydrogen) atoms. The third-order valence-electron chi connectivity index (χ3n) is 3.59. The minimum absolute atomic E-state index is 0.510. The molecule has 96 valence electrons. The summed E-state index contributed by atoms with van der Waals surface area (Å²) in [6.45, 7) is 3.66. The van der Waals surface area contributed by atoms with E-state index >= 15 is 0 Å². The smallest absolute Gasteiger partial charge is 0.0774 e. The molecule has 0 aliphatic heterocycles. The molecule has 2 atom stereocenters. The number of hydrogen-bond donors (Lipinski definition) is 3. The van der Waals surface area contributed by atoms with Crippen LogP contribution in [-0.4, -0.2) is 17.3 Å². The van der Waals surface area contributed by atoms with Gasteiger partial charge in [-0.15, -0.1) is 11.3 Å². The zero-order chi connectivity index (χ0) is 12.3. The Morgan fingerprint density at radius 1 is 1.65 bits per heavy atom. The van der Waals surface area contributed by atoms with Gasteiger partial charge in [0, 0.05) is 23.7 Å². The summed E-state index contributed by atoms with van der Waals surface area (Å²) >= 11 is 1.67. The van der Waals surface area contributed by atoms with Gasteiger partial charge in [0.05, 0.1) is 5.60 Å². The van der Waals surface area contributed by atoms with E-state index in [2.05, 4.69) is 12.2 Å². The monoisotopic (exact) mass is 254 g/mol. The van der Waals surface area contributed by atoms with Crippen molar-refractivity contribution in [2.45, 2.75) is 44.8 Å². The second kappa shape index (κ2) is 5.38. The molecule has 1 aliphatic carbocycles. The molecular formula is C13H22N2OS. The zero-order valence-electron chi connectivity index (χ0n) is 10.4. The molecule has 1 aromatic rings. The lowest BCUT2D eigenvalue weighted by Gasteiger charge is -2.35. The predicted octanol–water partition coefficient (Wildman–Crippen LogP) is 2.36. The maximum Gasteiger partial charge on any atom is 0.0774 e. The molecule has 0 saturated heterocycles. The van der Waals surface area contributed by atoms with Crippen LogP contribution in [-0.2, 0) is 6.54 Å². The summed E-state index contributed by atoms with van der Waals surface area (Å²) in [4.78, 5) is 1.16. The summed E-state index contributed by atoms with van der Waals surface area (Å²) in [6, 6.07) is 1.93. The molecule has 1 aliphatic rings. The van der Waals surface area contributed by atoms with E-state index in [0.717, 1.165) is 36.4 Å². The summed E-state index contributed by atoms with van der Waals surface area (Å²) in [5.74, 6) is 0.641. The van der Waals surface area contributed by atoms with Gasteiger partial charge in [0.25, 0.3) is 0 Å². The lowest BCUT2D eigenvalue weighted by molar-refractivity contribution is -0.0118. The van der Waals surface area contributed by atoms with Gasteiger partial charge in [-0.2, -0.15) is 0 Å². The first-order valence-electron chi connectivity index (χ1n) is 6.34. The van der Waals surface area contributed by atoms with Gasteiger partial charge in [-0.3, -0.25) is 0 Å². The van der Waals surface area contributed by atoms with Crippen LogP contribution in [0.3, 0.4) is 0 Å². The second-order valence-electron chi connectivity index (χ2n) is 5.33. The Morgan fingerprint density at radius 2 is 2.47 bits per heavy atom. The van der Waals surface area contributed by atoms with E-state index in [1.54, 1.807) is 11.3 Å². The molecule has 1 saturated carbocycles. The number of rotatable bonds is 4. The fourth-order valence-electron chi connectivity index (χ4n) is 2.70. The van der Waals surface area contributed by atoms with Gasteiger partial charge < -0.3 is 16.2 Å². The summed E-state index contributed by atoms with van der Waals surface area (Å²) in [7, 11) is 0. The Kier molecular flexibility index (Phi) is 4.07. The maximum atomic E-state index is 10.4. The molecule has 0 aromatic carbocycles. The minimum atomic E-state index is -0.510. The van der Waals surface area contributed by atoms with Crippen LogP contribution in [0, 0.1) is 5.92 Å². The quantitative estimate of drug-likeness (QED) is 0.773. The first kappa shape index (κ1) is 12.9. The Balaban J connectivity index is 1.79.